The molecule has 3 aromatic carbocycles. The van der Waals surface area contributed by atoms with Gasteiger partial charge in [0.05, 0.1) is 17.5 Å². The number of nitrogens with two attached hydrogens (primary N) is 1. The predicted molar refractivity (Wildman–Crippen MR) is 117 cm³/mol. The van der Waals surface area contributed by atoms with Gasteiger partial charge < -0.3 is 11.1 Å². The second kappa shape index (κ2) is 10.2. The van der Waals surface area contributed by atoms with Gasteiger partial charge in [-0.3, -0.25) is 9.59 Å². The number of carbonyl (C=O) groups is 2. The third kappa shape index (κ3) is 7.08. The Morgan fingerprint density at radius 1 is 0.743 bits per heavy atom. The van der Waals surface area contributed by atoms with Crippen LogP contribution in [0.25, 0.3) is 11.1 Å². The SMILES string of the molecule is NC(=O)[C@H](Cc1ccc(-c2ccccc2)cc1)NC(=O)Cc1cc(C(F)(F)F)cc(C(F)(F)F)c1. The smallest absolute Gasteiger partial charge is 0.368 e. The lowest BCUT2D eigenvalue weighted by atomic mass is 9.99. The number of nitrogens with one attached hydrogen (secondary N) is 1. The van der Waals surface area contributed by atoms with Gasteiger partial charge in [0.15, 0.2) is 0 Å². The van der Waals surface area contributed by atoms with Crippen molar-refractivity contribution >= 4 is 11.8 Å². The second-order valence-corrected chi connectivity index (χ2v) is 7.88. The van der Waals surface area contributed by atoms with E-state index in [0.29, 0.717) is 17.7 Å². The maximum absolute atomic E-state index is 13.0. The first kappa shape index (κ1) is 25.8. The summed E-state index contributed by atoms with van der Waals surface area (Å²) in [4.78, 5) is 24.3. The number of halogens is 6. The Balaban J connectivity index is 1.73. The predicted octanol–water partition coefficient (Wildman–Crippen LogP) is 5.15. The van der Waals surface area contributed by atoms with Gasteiger partial charge in [-0.1, -0.05) is 54.6 Å². The molecule has 3 N–H and O–H groups in total. The zero-order chi connectivity index (χ0) is 25.8. The van der Waals surface area contributed by atoms with Crippen LogP contribution in [0.1, 0.15) is 22.3 Å². The second-order valence-electron chi connectivity index (χ2n) is 7.88. The molecule has 35 heavy (non-hydrogen) atoms. The summed E-state index contributed by atoms with van der Waals surface area (Å²) in [5.74, 6) is -1.84. The van der Waals surface area contributed by atoms with E-state index in [9.17, 15) is 35.9 Å². The van der Waals surface area contributed by atoms with E-state index in [4.69, 9.17) is 5.73 Å². The van der Waals surface area contributed by atoms with Crippen LogP contribution in [0, 0.1) is 0 Å². The van der Waals surface area contributed by atoms with Crippen molar-refractivity contribution in [2.75, 3.05) is 0 Å². The summed E-state index contributed by atoms with van der Waals surface area (Å²) < 4.78 is 78.2. The molecule has 0 fully saturated rings. The van der Waals surface area contributed by atoms with E-state index in [2.05, 4.69) is 5.32 Å². The summed E-state index contributed by atoms with van der Waals surface area (Å²) in [6.07, 6.45) is -10.9. The number of benzene rings is 3. The standard InChI is InChI=1S/C25H20F6N2O2/c26-24(27,28)19-10-16(11-20(14-19)25(29,30)31)13-22(34)33-21(23(32)35)12-15-6-8-18(9-7-15)17-4-2-1-3-5-17/h1-11,14,21H,12-13H2,(H2,32,35)(H,33,34)/t21-/m0/s1. The van der Waals surface area contributed by atoms with E-state index in [-0.39, 0.29) is 12.5 Å². The number of primary amides is 1. The molecule has 0 saturated carbocycles. The normalized spacial score (nSPS) is 12.7. The van der Waals surface area contributed by atoms with Crippen LogP contribution in [-0.4, -0.2) is 17.9 Å². The van der Waals surface area contributed by atoms with Crippen LogP contribution in [0.15, 0.2) is 72.8 Å². The number of hydrogen-bond donors (Lipinski definition) is 2. The maximum Gasteiger partial charge on any atom is 0.416 e. The monoisotopic (exact) mass is 494 g/mol. The third-order valence-electron chi connectivity index (χ3n) is 5.19. The summed E-state index contributed by atoms with van der Waals surface area (Å²) in [5.41, 5.74) is 4.33. The lowest BCUT2D eigenvalue weighted by Crippen LogP contribution is -2.46. The Labute approximate surface area is 196 Å². The first-order chi connectivity index (χ1) is 16.3. The van der Waals surface area contributed by atoms with Gasteiger partial charge >= 0.3 is 12.4 Å². The Morgan fingerprint density at radius 2 is 1.26 bits per heavy atom. The van der Waals surface area contributed by atoms with E-state index < -0.39 is 53.3 Å². The number of hydrogen-bond acceptors (Lipinski definition) is 2. The molecule has 0 heterocycles. The zero-order valence-corrected chi connectivity index (χ0v) is 18.1. The van der Waals surface area contributed by atoms with Gasteiger partial charge in [-0.05, 0) is 40.5 Å². The fourth-order valence-corrected chi connectivity index (χ4v) is 3.47. The summed E-state index contributed by atoms with van der Waals surface area (Å²) >= 11 is 0. The summed E-state index contributed by atoms with van der Waals surface area (Å²) in [5, 5.41) is 2.30. The molecule has 1 atom stereocenters. The van der Waals surface area contributed by atoms with Gasteiger partial charge in [0, 0.05) is 6.42 Å². The van der Waals surface area contributed by atoms with Crippen LogP contribution >= 0.6 is 0 Å². The lowest BCUT2D eigenvalue weighted by Gasteiger charge is -2.17. The quantitative estimate of drug-likeness (QED) is 0.446. The molecule has 0 spiro atoms. The molecule has 3 aromatic rings. The highest BCUT2D eigenvalue weighted by Gasteiger charge is 2.37. The summed E-state index contributed by atoms with van der Waals surface area (Å²) in [6, 6.07) is 16.3. The maximum atomic E-state index is 13.0. The van der Waals surface area contributed by atoms with Crippen molar-refractivity contribution in [1.29, 1.82) is 0 Å². The molecule has 0 aliphatic carbocycles. The molecular formula is C25H20F6N2O2. The topological polar surface area (TPSA) is 72.2 Å². The first-order valence-corrected chi connectivity index (χ1v) is 10.3. The molecule has 0 aliphatic rings. The molecule has 0 aliphatic heterocycles. The molecule has 10 heteroatoms. The molecule has 0 aromatic heterocycles. The molecule has 2 amide bonds. The summed E-state index contributed by atoms with van der Waals surface area (Å²) in [7, 11) is 0. The lowest BCUT2D eigenvalue weighted by molar-refractivity contribution is -0.143. The number of amides is 2. The van der Waals surface area contributed by atoms with Crippen LogP contribution in [-0.2, 0) is 34.8 Å². The van der Waals surface area contributed by atoms with E-state index in [1.165, 1.54) is 0 Å². The summed E-state index contributed by atoms with van der Waals surface area (Å²) in [6.45, 7) is 0. The zero-order valence-electron chi connectivity index (χ0n) is 18.1. The van der Waals surface area contributed by atoms with Crippen molar-refractivity contribution in [2.24, 2.45) is 5.73 Å². The molecule has 3 rings (SSSR count). The van der Waals surface area contributed by atoms with Crippen LogP contribution in [0.5, 0.6) is 0 Å². The van der Waals surface area contributed by atoms with Crippen molar-refractivity contribution in [3.05, 3.63) is 95.1 Å². The van der Waals surface area contributed by atoms with Gasteiger partial charge in [-0.2, -0.15) is 26.3 Å². The van der Waals surface area contributed by atoms with Gasteiger partial charge in [0.2, 0.25) is 11.8 Å². The van der Waals surface area contributed by atoms with Crippen molar-refractivity contribution in [3.63, 3.8) is 0 Å². The third-order valence-corrected chi connectivity index (χ3v) is 5.19. The molecule has 0 radical (unpaired) electrons. The Hall–Kier alpha value is -3.82. The molecule has 4 nitrogen and oxygen atoms in total. The first-order valence-electron chi connectivity index (χ1n) is 10.3. The van der Waals surface area contributed by atoms with Crippen LogP contribution < -0.4 is 11.1 Å². The fraction of sp³-hybridized carbons (Fsp3) is 0.200. The highest BCUT2D eigenvalue weighted by molar-refractivity contribution is 5.87. The molecule has 0 bridgehead atoms. The molecular weight excluding hydrogens is 474 g/mol. The highest BCUT2D eigenvalue weighted by Crippen LogP contribution is 2.36. The van der Waals surface area contributed by atoms with Crippen molar-refractivity contribution in [3.8, 4) is 11.1 Å². The van der Waals surface area contributed by atoms with Crippen molar-refractivity contribution in [2.45, 2.75) is 31.2 Å². The van der Waals surface area contributed by atoms with E-state index >= 15 is 0 Å². The molecule has 184 valence electrons. The number of rotatable bonds is 7. The minimum Gasteiger partial charge on any atom is -0.368 e. The van der Waals surface area contributed by atoms with E-state index in [1.54, 1.807) is 12.1 Å². The van der Waals surface area contributed by atoms with Crippen molar-refractivity contribution < 1.29 is 35.9 Å². The largest absolute Gasteiger partial charge is 0.416 e. The highest BCUT2D eigenvalue weighted by atomic mass is 19.4. The number of alkyl halides is 6. The molecule has 0 saturated heterocycles. The molecule has 0 unspecified atom stereocenters. The van der Waals surface area contributed by atoms with E-state index in [0.717, 1.165) is 11.1 Å². The van der Waals surface area contributed by atoms with Gasteiger partial charge in [0.25, 0.3) is 0 Å². The average molecular weight is 494 g/mol. The van der Waals surface area contributed by atoms with Crippen LogP contribution in [0.2, 0.25) is 0 Å². The van der Waals surface area contributed by atoms with Gasteiger partial charge in [-0.25, -0.2) is 0 Å². The Morgan fingerprint density at radius 3 is 1.74 bits per heavy atom. The van der Waals surface area contributed by atoms with Gasteiger partial charge in [0.1, 0.15) is 6.04 Å². The fourth-order valence-electron chi connectivity index (χ4n) is 3.47. The Kier molecular flexibility index (Phi) is 7.52. The van der Waals surface area contributed by atoms with E-state index in [1.807, 2.05) is 42.5 Å². The minimum absolute atomic E-state index is 0.00741. The van der Waals surface area contributed by atoms with Gasteiger partial charge in [-0.15, -0.1) is 0 Å². The Bertz CT molecular complexity index is 1160. The van der Waals surface area contributed by atoms with Crippen LogP contribution in [0.3, 0.4) is 0 Å². The average Bonchev–Trinajstić information content (AvgIpc) is 2.78. The van der Waals surface area contributed by atoms with Crippen molar-refractivity contribution in [1.82, 2.24) is 5.32 Å². The minimum atomic E-state index is -5.03. The van der Waals surface area contributed by atoms with Crippen LogP contribution in [0.4, 0.5) is 26.3 Å². The number of carbonyl (C=O) groups excluding carboxylic acids is 2.